The smallest absolute Gasteiger partial charge is 0.0401 e. The number of nitrogens with zero attached hydrogens (tertiary/aromatic N) is 1. The van der Waals surface area contributed by atoms with E-state index < -0.39 is 0 Å². The third-order valence-electron chi connectivity index (χ3n) is 4.01. The molecule has 0 saturated carbocycles. The molecule has 94 valence electrons. The first-order valence-corrected chi connectivity index (χ1v) is 6.77. The second-order valence-electron chi connectivity index (χ2n) is 5.14. The number of anilines is 1. The molecule has 1 saturated heterocycles. The topological polar surface area (TPSA) is 29.3 Å². The Morgan fingerprint density at radius 2 is 2.12 bits per heavy atom. The van der Waals surface area contributed by atoms with E-state index in [0.717, 1.165) is 13.0 Å². The molecule has 0 radical (unpaired) electrons. The molecular weight excluding hydrogens is 208 g/mol. The summed E-state index contributed by atoms with van der Waals surface area (Å²) < 4.78 is 0. The number of piperidine rings is 1. The Labute approximate surface area is 105 Å². The van der Waals surface area contributed by atoms with Crippen molar-refractivity contribution >= 4 is 5.69 Å². The molecule has 1 aromatic rings. The Morgan fingerprint density at radius 3 is 2.88 bits per heavy atom. The Morgan fingerprint density at radius 1 is 1.29 bits per heavy atom. The highest BCUT2D eigenvalue weighted by Crippen LogP contribution is 2.30. The molecule has 2 N–H and O–H groups in total. The van der Waals surface area contributed by atoms with Crippen molar-refractivity contribution in [3.63, 3.8) is 0 Å². The minimum absolute atomic E-state index is 0.647. The van der Waals surface area contributed by atoms with Gasteiger partial charge in [-0.1, -0.05) is 12.1 Å². The van der Waals surface area contributed by atoms with Gasteiger partial charge in [0.25, 0.3) is 0 Å². The molecule has 0 aliphatic carbocycles. The van der Waals surface area contributed by atoms with Gasteiger partial charge in [-0.2, -0.15) is 0 Å². The summed E-state index contributed by atoms with van der Waals surface area (Å²) in [6.07, 6.45) is 5.08. The highest BCUT2D eigenvalue weighted by molar-refractivity contribution is 5.56. The Hall–Kier alpha value is -1.02. The fourth-order valence-electron chi connectivity index (χ4n) is 2.86. The van der Waals surface area contributed by atoms with Crippen molar-refractivity contribution in [3.8, 4) is 0 Å². The van der Waals surface area contributed by atoms with Crippen molar-refractivity contribution in [1.29, 1.82) is 0 Å². The number of benzene rings is 1. The fraction of sp³-hybridized carbons (Fsp3) is 0.600. The van der Waals surface area contributed by atoms with Gasteiger partial charge in [-0.3, -0.25) is 0 Å². The van der Waals surface area contributed by atoms with Gasteiger partial charge < -0.3 is 10.6 Å². The van der Waals surface area contributed by atoms with Crippen LogP contribution in [0.2, 0.25) is 0 Å². The van der Waals surface area contributed by atoms with Crippen LogP contribution in [-0.2, 0) is 0 Å². The Kier molecular flexibility index (Phi) is 4.06. The minimum Gasteiger partial charge on any atom is -0.368 e. The average molecular weight is 232 g/mol. The normalized spacial score (nSPS) is 20.6. The van der Waals surface area contributed by atoms with E-state index in [1.54, 1.807) is 0 Å². The van der Waals surface area contributed by atoms with E-state index in [1.807, 2.05) is 0 Å². The monoisotopic (exact) mass is 232 g/mol. The van der Waals surface area contributed by atoms with Gasteiger partial charge in [0.2, 0.25) is 0 Å². The van der Waals surface area contributed by atoms with E-state index in [1.165, 1.54) is 42.6 Å². The summed E-state index contributed by atoms with van der Waals surface area (Å²) in [6, 6.07) is 7.28. The zero-order valence-corrected chi connectivity index (χ0v) is 11.1. The van der Waals surface area contributed by atoms with Crippen LogP contribution in [0.5, 0.6) is 0 Å². The zero-order chi connectivity index (χ0) is 12.3. The number of nitrogens with two attached hydrogens (primary N) is 1. The van der Waals surface area contributed by atoms with Gasteiger partial charge in [-0.25, -0.2) is 0 Å². The first-order valence-electron chi connectivity index (χ1n) is 6.77. The third kappa shape index (κ3) is 2.63. The van der Waals surface area contributed by atoms with Crippen molar-refractivity contribution in [2.75, 3.05) is 18.0 Å². The van der Waals surface area contributed by atoms with Gasteiger partial charge in [0.05, 0.1) is 0 Å². The lowest BCUT2D eigenvalue weighted by Crippen LogP contribution is -2.41. The van der Waals surface area contributed by atoms with Gasteiger partial charge in [-0.15, -0.1) is 0 Å². The molecule has 1 aliphatic heterocycles. The predicted molar refractivity (Wildman–Crippen MR) is 74.6 cm³/mol. The van der Waals surface area contributed by atoms with Gasteiger partial charge in [0, 0.05) is 18.3 Å². The molecule has 1 unspecified atom stereocenters. The van der Waals surface area contributed by atoms with Crippen molar-refractivity contribution in [2.24, 2.45) is 5.73 Å². The number of hydrogen-bond acceptors (Lipinski definition) is 2. The summed E-state index contributed by atoms with van der Waals surface area (Å²) in [4.78, 5) is 2.58. The number of hydrogen-bond donors (Lipinski definition) is 1. The molecule has 1 aliphatic rings. The summed E-state index contributed by atoms with van der Waals surface area (Å²) in [5, 5.41) is 0. The maximum Gasteiger partial charge on any atom is 0.0401 e. The number of aryl methyl sites for hydroxylation is 1. The van der Waals surface area contributed by atoms with Gasteiger partial charge in [0.15, 0.2) is 0 Å². The highest BCUT2D eigenvalue weighted by atomic mass is 15.2. The molecule has 17 heavy (non-hydrogen) atoms. The van der Waals surface area contributed by atoms with Crippen molar-refractivity contribution in [2.45, 2.75) is 45.6 Å². The molecule has 0 spiro atoms. The predicted octanol–water partition coefficient (Wildman–Crippen LogP) is 3.01. The Balaban J connectivity index is 2.26. The van der Waals surface area contributed by atoms with Crippen LogP contribution in [0.3, 0.4) is 0 Å². The van der Waals surface area contributed by atoms with Crippen LogP contribution in [0, 0.1) is 13.8 Å². The van der Waals surface area contributed by atoms with Crippen molar-refractivity contribution in [3.05, 3.63) is 29.3 Å². The van der Waals surface area contributed by atoms with Gasteiger partial charge in [-0.05, 0) is 63.3 Å². The fourth-order valence-corrected chi connectivity index (χ4v) is 2.86. The van der Waals surface area contributed by atoms with Crippen LogP contribution in [0.1, 0.15) is 36.8 Å². The molecular formula is C15H24N2. The Bertz CT molecular complexity index is 371. The maximum atomic E-state index is 5.74. The van der Waals surface area contributed by atoms with Crippen LogP contribution in [-0.4, -0.2) is 19.1 Å². The van der Waals surface area contributed by atoms with Crippen LogP contribution in [0.15, 0.2) is 18.2 Å². The lowest BCUT2D eigenvalue weighted by molar-refractivity contribution is 0.441. The molecule has 1 fully saturated rings. The summed E-state index contributed by atoms with van der Waals surface area (Å²) in [5.74, 6) is 0. The van der Waals surface area contributed by atoms with Crippen LogP contribution >= 0.6 is 0 Å². The zero-order valence-electron chi connectivity index (χ0n) is 11.1. The second-order valence-corrected chi connectivity index (χ2v) is 5.14. The molecule has 1 atom stereocenters. The van der Waals surface area contributed by atoms with Gasteiger partial charge >= 0.3 is 0 Å². The lowest BCUT2D eigenvalue weighted by atomic mass is 9.96. The minimum atomic E-state index is 0.647. The average Bonchev–Trinajstić information content (AvgIpc) is 2.34. The molecule has 0 amide bonds. The van der Waals surface area contributed by atoms with E-state index >= 15 is 0 Å². The van der Waals surface area contributed by atoms with Crippen LogP contribution < -0.4 is 10.6 Å². The van der Waals surface area contributed by atoms with E-state index in [2.05, 4.69) is 36.9 Å². The third-order valence-corrected chi connectivity index (χ3v) is 4.01. The van der Waals surface area contributed by atoms with E-state index in [-0.39, 0.29) is 0 Å². The van der Waals surface area contributed by atoms with E-state index in [0.29, 0.717) is 6.04 Å². The molecule has 2 heteroatoms. The maximum absolute atomic E-state index is 5.74. The highest BCUT2D eigenvalue weighted by Gasteiger charge is 2.23. The summed E-state index contributed by atoms with van der Waals surface area (Å²) in [5.41, 5.74) is 9.98. The quantitative estimate of drug-likeness (QED) is 0.868. The molecule has 2 rings (SSSR count). The molecule has 0 bridgehead atoms. The van der Waals surface area contributed by atoms with Crippen LogP contribution in [0.25, 0.3) is 0 Å². The summed E-state index contributed by atoms with van der Waals surface area (Å²) >= 11 is 0. The SMILES string of the molecule is Cc1cccc(N2CCCCC2CCN)c1C. The molecule has 0 aromatic heterocycles. The second kappa shape index (κ2) is 5.54. The molecule has 1 aromatic carbocycles. The largest absolute Gasteiger partial charge is 0.368 e. The first kappa shape index (κ1) is 12.4. The van der Waals surface area contributed by atoms with E-state index in [9.17, 15) is 0 Å². The summed E-state index contributed by atoms with van der Waals surface area (Å²) in [6.45, 7) is 6.42. The van der Waals surface area contributed by atoms with Crippen molar-refractivity contribution in [1.82, 2.24) is 0 Å². The first-order chi connectivity index (χ1) is 8.24. The number of rotatable bonds is 3. The van der Waals surface area contributed by atoms with Crippen LogP contribution in [0.4, 0.5) is 5.69 Å². The van der Waals surface area contributed by atoms with Crippen molar-refractivity contribution < 1.29 is 0 Å². The lowest BCUT2D eigenvalue weighted by Gasteiger charge is -2.38. The van der Waals surface area contributed by atoms with E-state index in [4.69, 9.17) is 5.73 Å². The molecule has 1 heterocycles. The standard InChI is InChI=1S/C15H24N2/c1-12-6-5-8-15(13(12)2)17-11-4-3-7-14(17)9-10-16/h5-6,8,14H,3-4,7,9-11,16H2,1-2H3. The molecule has 2 nitrogen and oxygen atoms in total. The summed E-state index contributed by atoms with van der Waals surface area (Å²) in [7, 11) is 0. The van der Waals surface area contributed by atoms with Gasteiger partial charge in [0.1, 0.15) is 0 Å².